The fourth-order valence-electron chi connectivity index (χ4n) is 2.95. The Morgan fingerprint density at radius 3 is 2.26 bits per heavy atom. The van der Waals surface area contributed by atoms with Crippen LogP contribution in [-0.4, -0.2) is 32.2 Å². The Kier molecular flexibility index (Phi) is 5.31. The zero-order valence-corrected chi connectivity index (χ0v) is 15.4. The van der Waals surface area contributed by atoms with E-state index in [-0.39, 0.29) is 17.1 Å². The van der Waals surface area contributed by atoms with Crippen molar-refractivity contribution >= 4 is 22.6 Å². The highest BCUT2D eigenvalue weighted by atomic mass is 16.5. The third-order valence-corrected chi connectivity index (χ3v) is 4.30. The topological polar surface area (TPSA) is 65.0 Å². The van der Waals surface area contributed by atoms with Gasteiger partial charge in [-0.15, -0.1) is 0 Å². The molecule has 3 rings (SSSR count). The summed E-state index contributed by atoms with van der Waals surface area (Å²) in [5.74, 6) is 1.24. The Balaban J connectivity index is 2.02. The Labute approximate surface area is 157 Å². The molecule has 0 radical (unpaired) electrons. The molecule has 0 bridgehead atoms. The number of rotatable bonds is 6. The molecule has 0 heterocycles. The number of hydrogen-bond donors (Lipinski definition) is 1. The fourth-order valence-corrected chi connectivity index (χ4v) is 2.95. The highest BCUT2D eigenvalue weighted by molar-refractivity contribution is 6.16. The van der Waals surface area contributed by atoms with E-state index in [2.05, 4.69) is 0 Å². The van der Waals surface area contributed by atoms with Crippen LogP contribution in [0.1, 0.15) is 15.9 Å². The number of methoxy groups -OCH3 is 3. The maximum absolute atomic E-state index is 12.8. The summed E-state index contributed by atoms with van der Waals surface area (Å²) in [6.07, 6.45) is 3.04. The van der Waals surface area contributed by atoms with Crippen molar-refractivity contribution in [1.82, 2.24) is 0 Å². The molecule has 0 aliphatic rings. The number of phenolic OH excluding ortho intramolecular Hbond substituents is 1. The number of hydrogen-bond acceptors (Lipinski definition) is 5. The van der Waals surface area contributed by atoms with Crippen molar-refractivity contribution < 1.29 is 24.1 Å². The molecule has 27 heavy (non-hydrogen) atoms. The lowest BCUT2D eigenvalue weighted by atomic mass is 9.99. The molecule has 0 saturated heterocycles. The molecule has 3 aromatic rings. The molecular weight excluding hydrogens is 344 g/mol. The zero-order valence-electron chi connectivity index (χ0n) is 15.4. The molecule has 1 N–H and O–H groups in total. The van der Waals surface area contributed by atoms with Crippen LogP contribution in [0.5, 0.6) is 23.0 Å². The molecule has 0 atom stereocenters. The van der Waals surface area contributed by atoms with E-state index < -0.39 is 0 Å². The maximum atomic E-state index is 12.8. The molecule has 0 aliphatic heterocycles. The molecule has 5 nitrogen and oxygen atoms in total. The van der Waals surface area contributed by atoms with Crippen LogP contribution in [0.4, 0.5) is 0 Å². The summed E-state index contributed by atoms with van der Waals surface area (Å²) in [7, 11) is 4.62. The van der Waals surface area contributed by atoms with Gasteiger partial charge in [0.2, 0.25) is 0 Å². The van der Waals surface area contributed by atoms with E-state index in [0.717, 1.165) is 5.39 Å². The summed E-state index contributed by atoms with van der Waals surface area (Å²) in [6, 6.07) is 14.2. The number of benzene rings is 3. The van der Waals surface area contributed by atoms with Crippen LogP contribution >= 0.6 is 0 Å². The van der Waals surface area contributed by atoms with Crippen molar-refractivity contribution in [3.8, 4) is 23.0 Å². The summed E-state index contributed by atoms with van der Waals surface area (Å²) >= 11 is 0. The van der Waals surface area contributed by atoms with Gasteiger partial charge in [0.15, 0.2) is 17.3 Å². The molecule has 0 aromatic heterocycles. The van der Waals surface area contributed by atoms with E-state index in [4.69, 9.17) is 14.2 Å². The molecule has 0 saturated carbocycles. The molecule has 0 spiro atoms. The van der Waals surface area contributed by atoms with Crippen LogP contribution in [0.3, 0.4) is 0 Å². The fraction of sp³-hybridized carbons (Fsp3) is 0.136. The predicted molar refractivity (Wildman–Crippen MR) is 105 cm³/mol. The van der Waals surface area contributed by atoms with Crippen molar-refractivity contribution in [3.63, 3.8) is 0 Å². The van der Waals surface area contributed by atoms with Crippen molar-refractivity contribution in [2.75, 3.05) is 21.3 Å². The second-order valence-electron chi connectivity index (χ2n) is 5.83. The van der Waals surface area contributed by atoms with E-state index in [0.29, 0.717) is 28.2 Å². The third kappa shape index (κ3) is 3.58. The van der Waals surface area contributed by atoms with Crippen molar-refractivity contribution in [1.29, 1.82) is 0 Å². The van der Waals surface area contributed by atoms with Gasteiger partial charge in [-0.2, -0.15) is 0 Å². The Hall–Kier alpha value is -3.47. The first-order valence-electron chi connectivity index (χ1n) is 8.32. The lowest BCUT2D eigenvalue weighted by Gasteiger charge is -2.12. The minimum atomic E-state index is -0.305. The van der Waals surface area contributed by atoms with Crippen LogP contribution in [0, 0.1) is 0 Å². The molecule has 0 aliphatic carbocycles. The minimum Gasteiger partial charge on any atom is -0.507 e. The average molecular weight is 364 g/mol. The van der Waals surface area contributed by atoms with E-state index >= 15 is 0 Å². The first-order valence-corrected chi connectivity index (χ1v) is 8.32. The Morgan fingerprint density at radius 2 is 1.56 bits per heavy atom. The van der Waals surface area contributed by atoms with E-state index in [9.17, 15) is 9.90 Å². The Morgan fingerprint density at radius 1 is 0.889 bits per heavy atom. The van der Waals surface area contributed by atoms with Gasteiger partial charge in [0.25, 0.3) is 0 Å². The number of ether oxygens (including phenoxy) is 3. The number of allylic oxidation sites excluding steroid dienone is 1. The minimum absolute atomic E-state index is 0.0531. The van der Waals surface area contributed by atoms with Crippen LogP contribution in [0.15, 0.2) is 54.6 Å². The van der Waals surface area contributed by atoms with Gasteiger partial charge in [0.05, 0.1) is 26.9 Å². The van der Waals surface area contributed by atoms with Crippen molar-refractivity contribution in [2.45, 2.75) is 0 Å². The van der Waals surface area contributed by atoms with E-state index in [1.165, 1.54) is 26.4 Å². The maximum Gasteiger partial charge on any atom is 0.190 e. The van der Waals surface area contributed by atoms with Gasteiger partial charge in [0, 0.05) is 11.6 Å². The first kappa shape index (κ1) is 18.3. The van der Waals surface area contributed by atoms with Crippen LogP contribution < -0.4 is 14.2 Å². The molecule has 0 amide bonds. The molecule has 138 valence electrons. The predicted octanol–water partition coefficient (Wildman–Crippen LogP) is 4.47. The number of fused-ring (bicyclic) bond motifs is 1. The molecule has 3 aromatic carbocycles. The molecule has 0 fully saturated rings. The van der Waals surface area contributed by atoms with Crippen molar-refractivity contribution in [3.05, 3.63) is 65.7 Å². The number of carbonyl (C=O) groups excluding carboxylic acids is 1. The number of phenols is 1. The lowest BCUT2D eigenvalue weighted by molar-refractivity contribution is 0.104. The number of ketones is 1. The smallest absolute Gasteiger partial charge is 0.190 e. The summed E-state index contributed by atoms with van der Waals surface area (Å²) in [5, 5.41) is 11.8. The van der Waals surface area contributed by atoms with Gasteiger partial charge >= 0.3 is 0 Å². The van der Waals surface area contributed by atoms with Gasteiger partial charge in [-0.3, -0.25) is 4.79 Å². The van der Waals surface area contributed by atoms with E-state index in [1.54, 1.807) is 31.4 Å². The van der Waals surface area contributed by atoms with Crippen molar-refractivity contribution in [2.24, 2.45) is 0 Å². The summed E-state index contributed by atoms with van der Waals surface area (Å²) in [5.41, 5.74) is 0.923. The second-order valence-corrected chi connectivity index (χ2v) is 5.83. The van der Waals surface area contributed by atoms with Gasteiger partial charge in [-0.25, -0.2) is 0 Å². The van der Waals surface area contributed by atoms with Gasteiger partial charge < -0.3 is 19.3 Å². The lowest BCUT2D eigenvalue weighted by Crippen LogP contribution is -1.98. The Bertz CT molecular complexity index is 1020. The van der Waals surface area contributed by atoms with Crippen LogP contribution in [0.25, 0.3) is 16.8 Å². The normalized spacial score (nSPS) is 10.9. The second kappa shape index (κ2) is 7.83. The molecular formula is C22H20O5. The van der Waals surface area contributed by atoms with E-state index in [1.807, 2.05) is 24.3 Å². The van der Waals surface area contributed by atoms with Crippen LogP contribution in [0.2, 0.25) is 0 Å². The highest BCUT2D eigenvalue weighted by Crippen LogP contribution is 2.35. The average Bonchev–Trinajstić information content (AvgIpc) is 2.71. The van der Waals surface area contributed by atoms with Gasteiger partial charge in [0.1, 0.15) is 11.5 Å². The molecule has 0 unspecified atom stereocenters. The highest BCUT2D eigenvalue weighted by Gasteiger charge is 2.14. The zero-order chi connectivity index (χ0) is 19.4. The largest absolute Gasteiger partial charge is 0.507 e. The monoisotopic (exact) mass is 364 g/mol. The summed E-state index contributed by atoms with van der Waals surface area (Å²) in [4.78, 5) is 12.8. The SMILES string of the molecule is COc1cc(OC)c(OC)cc1/C=C/C(=O)c1c(O)ccc2ccccc12. The van der Waals surface area contributed by atoms with Crippen LogP contribution in [-0.2, 0) is 0 Å². The molecule has 5 heteroatoms. The summed E-state index contributed by atoms with van der Waals surface area (Å²) < 4.78 is 15.9. The third-order valence-electron chi connectivity index (χ3n) is 4.30. The standard InChI is InChI=1S/C22H20O5/c1-25-19-13-21(27-3)20(26-2)12-15(19)9-11-18(24)22-16-7-5-4-6-14(16)8-10-17(22)23/h4-13,23H,1-3H3/b11-9+. The quantitative estimate of drug-likeness (QED) is 0.516. The van der Waals surface area contributed by atoms with Gasteiger partial charge in [-0.1, -0.05) is 30.3 Å². The first-order chi connectivity index (χ1) is 13.1. The van der Waals surface area contributed by atoms with Gasteiger partial charge in [-0.05, 0) is 35.1 Å². The number of carbonyl (C=O) groups is 1. The summed E-state index contributed by atoms with van der Waals surface area (Å²) in [6.45, 7) is 0. The number of aromatic hydroxyl groups is 1.